The summed E-state index contributed by atoms with van der Waals surface area (Å²) in [7, 11) is 0. The number of ether oxygens (including phenoxy) is 1. The van der Waals surface area contributed by atoms with Crippen molar-refractivity contribution in [2.75, 3.05) is 0 Å². The van der Waals surface area contributed by atoms with Gasteiger partial charge in [0.2, 0.25) is 0 Å². The third-order valence-electron chi connectivity index (χ3n) is 3.21. The fourth-order valence-electron chi connectivity index (χ4n) is 2.69. The highest BCUT2D eigenvalue weighted by molar-refractivity contribution is 5.89. The predicted octanol–water partition coefficient (Wildman–Crippen LogP) is 3.86. The maximum Gasteiger partial charge on any atom is 0.422 e. The summed E-state index contributed by atoms with van der Waals surface area (Å²) < 4.78 is 41.8. The van der Waals surface area contributed by atoms with Crippen molar-refractivity contribution in [1.82, 2.24) is 0 Å². The lowest BCUT2D eigenvalue weighted by molar-refractivity contribution is -0.159. The lowest BCUT2D eigenvalue weighted by atomic mass is 9.71. The number of hydrogen-bond acceptors (Lipinski definition) is 2. The highest BCUT2D eigenvalue weighted by atomic mass is 19.4. The van der Waals surface area contributed by atoms with Crippen LogP contribution in [-0.2, 0) is 9.53 Å². The molecule has 1 rings (SSSR count). The first-order valence-electron chi connectivity index (χ1n) is 5.98. The van der Waals surface area contributed by atoms with E-state index in [4.69, 9.17) is 4.74 Å². The number of carbonyl (C=O) groups is 1. The Morgan fingerprint density at radius 3 is 2.33 bits per heavy atom. The van der Waals surface area contributed by atoms with E-state index in [1.165, 1.54) is 0 Å². The second-order valence-corrected chi connectivity index (χ2v) is 5.92. The lowest BCUT2D eigenvalue weighted by Gasteiger charge is -2.38. The first kappa shape index (κ1) is 15.1. The Kier molecular flexibility index (Phi) is 4.13. The van der Waals surface area contributed by atoms with Gasteiger partial charge in [-0.15, -0.1) is 0 Å². The normalized spacial score (nSPS) is 27.7. The summed E-state index contributed by atoms with van der Waals surface area (Å²) in [6, 6.07) is 0. The van der Waals surface area contributed by atoms with E-state index in [0.717, 1.165) is 6.42 Å². The molecule has 0 N–H and O–H groups in total. The molecule has 0 aromatic carbocycles. The number of hydrogen-bond donors (Lipinski definition) is 0. The molecule has 0 aromatic rings. The molecule has 0 aromatic heterocycles. The van der Waals surface area contributed by atoms with Gasteiger partial charge >= 0.3 is 12.1 Å². The number of rotatable bonds is 2. The largest absolute Gasteiger partial charge is 0.459 e. The van der Waals surface area contributed by atoms with Crippen molar-refractivity contribution in [2.45, 2.75) is 52.3 Å². The van der Waals surface area contributed by atoms with Crippen LogP contribution in [0.25, 0.3) is 0 Å². The van der Waals surface area contributed by atoms with E-state index < -0.39 is 23.8 Å². The lowest BCUT2D eigenvalue weighted by Crippen LogP contribution is -2.35. The van der Waals surface area contributed by atoms with Gasteiger partial charge in [-0.2, -0.15) is 13.2 Å². The van der Waals surface area contributed by atoms with Gasteiger partial charge in [-0.3, -0.25) is 0 Å². The molecule has 0 unspecified atom stereocenters. The maximum atomic E-state index is 12.3. The molecule has 0 saturated heterocycles. The fraction of sp³-hybridized carbons (Fsp3) is 0.769. The van der Waals surface area contributed by atoms with Crippen LogP contribution < -0.4 is 0 Å². The van der Waals surface area contributed by atoms with E-state index in [1.807, 2.05) is 20.8 Å². The summed E-state index contributed by atoms with van der Waals surface area (Å²) in [5.74, 6) is -1.01. The van der Waals surface area contributed by atoms with Gasteiger partial charge in [-0.05, 0) is 30.6 Å². The Hall–Kier alpha value is -1.00. The molecular weight excluding hydrogens is 245 g/mol. The second-order valence-electron chi connectivity index (χ2n) is 5.92. The van der Waals surface area contributed by atoms with Crippen molar-refractivity contribution in [1.29, 1.82) is 0 Å². The van der Waals surface area contributed by atoms with E-state index >= 15 is 0 Å². The molecule has 0 spiro atoms. The van der Waals surface area contributed by atoms with Crippen molar-refractivity contribution in [2.24, 2.45) is 11.3 Å². The topological polar surface area (TPSA) is 26.3 Å². The number of alkyl halides is 3. The van der Waals surface area contributed by atoms with Crippen molar-refractivity contribution in [3.05, 3.63) is 12.2 Å². The zero-order valence-electron chi connectivity index (χ0n) is 10.9. The van der Waals surface area contributed by atoms with E-state index in [0.29, 0.717) is 18.8 Å². The SMILES string of the molecule is C=C(C(=O)O[C@@H]1C[C@H](C)CC(C)(C)C1)C(F)(F)F. The third kappa shape index (κ3) is 4.03. The molecule has 1 saturated carbocycles. The van der Waals surface area contributed by atoms with Crippen LogP contribution >= 0.6 is 0 Å². The van der Waals surface area contributed by atoms with Gasteiger partial charge in [-0.1, -0.05) is 27.4 Å². The van der Waals surface area contributed by atoms with E-state index in [9.17, 15) is 18.0 Å². The first-order valence-corrected chi connectivity index (χ1v) is 5.98. The molecule has 0 aliphatic heterocycles. The van der Waals surface area contributed by atoms with Crippen LogP contribution in [-0.4, -0.2) is 18.2 Å². The van der Waals surface area contributed by atoms with Crippen molar-refractivity contribution < 1.29 is 22.7 Å². The molecule has 1 aliphatic carbocycles. The second kappa shape index (κ2) is 4.94. The number of halogens is 3. The highest BCUT2D eigenvalue weighted by Crippen LogP contribution is 2.40. The van der Waals surface area contributed by atoms with Crippen LogP contribution in [0.5, 0.6) is 0 Å². The molecule has 2 atom stereocenters. The Morgan fingerprint density at radius 2 is 1.89 bits per heavy atom. The van der Waals surface area contributed by atoms with Crippen molar-refractivity contribution >= 4 is 5.97 Å². The molecule has 1 fully saturated rings. The smallest absolute Gasteiger partial charge is 0.422 e. The van der Waals surface area contributed by atoms with Gasteiger partial charge in [0.1, 0.15) is 11.7 Å². The Bertz CT molecular complexity index is 345. The van der Waals surface area contributed by atoms with E-state index in [-0.39, 0.29) is 5.41 Å². The summed E-state index contributed by atoms with van der Waals surface area (Å²) in [6.45, 7) is 8.82. The molecule has 0 radical (unpaired) electrons. The minimum absolute atomic E-state index is 0.0117. The monoisotopic (exact) mass is 264 g/mol. The molecule has 104 valence electrons. The van der Waals surface area contributed by atoms with Crippen LogP contribution in [0.3, 0.4) is 0 Å². The van der Waals surface area contributed by atoms with Crippen LogP contribution in [0.15, 0.2) is 12.2 Å². The molecule has 18 heavy (non-hydrogen) atoms. The fourth-order valence-corrected chi connectivity index (χ4v) is 2.69. The average Bonchev–Trinajstić information content (AvgIpc) is 2.11. The van der Waals surface area contributed by atoms with Gasteiger partial charge in [0.15, 0.2) is 0 Å². The summed E-state index contributed by atoms with van der Waals surface area (Å²) in [6.07, 6.45) is -2.97. The zero-order valence-corrected chi connectivity index (χ0v) is 10.9. The molecular formula is C13H19F3O2. The van der Waals surface area contributed by atoms with Crippen LogP contribution in [0.4, 0.5) is 13.2 Å². The Morgan fingerprint density at radius 1 is 1.33 bits per heavy atom. The summed E-state index contributed by atoms with van der Waals surface area (Å²) in [5, 5.41) is 0. The van der Waals surface area contributed by atoms with E-state index in [2.05, 4.69) is 6.58 Å². The van der Waals surface area contributed by atoms with Gasteiger partial charge in [0.25, 0.3) is 0 Å². The first-order chi connectivity index (χ1) is 8.01. The molecule has 0 amide bonds. The van der Waals surface area contributed by atoms with Crippen LogP contribution in [0.1, 0.15) is 40.0 Å². The minimum atomic E-state index is -4.72. The van der Waals surface area contributed by atoms with Gasteiger partial charge in [0, 0.05) is 0 Å². The minimum Gasteiger partial charge on any atom is -0.459 e. The van der Waals surface area contributed by atoms with Crippen LogP contribution in [0, 0.1) is 11.3 Å². The standard InChI is InChI=1S/C13H19F3O2/c1-8-5-10(7-12(3,4)6-8)18-11(17)9(2)13(14,15)16/h8,10H,2,5-7H2,1,3-4H3/t8-,10+/m0/s1. The molecule has 2 nitrogen and oxygen atoms in total. The molecule has 1 aliphatic rings. The van der Waals surface area contributed by atoms with Gasteiger partial charge in [-0.25, -0.2) is 4.79 Å². The summed E-state index contributed by atoms with van der Waals surface area (Å²) in [5.41, 5.74) is -1.44. The van der Waals surface area contributed by atoms with Gasteiger partial charge < -0.3 is 4.74 Å². The highest BCUT2D eigenvalue weighted by Gasteiger charge is 2.40. The molecule has 0 bridgehead atoms. The average molecular weight is 264 g/mol. The summed E-state index contributed by atoms with van der Waals surface area (Å²) >= 11 is 0. The predicted molar refractivity (Wildman–Crippen MR) is 61.9 cm³/mol. The Labute approximate surface area is 105 Å². The quantitative estimate of drug-likeness (QED) is 0.559. The van der Waals surface area contributed by atoms with Crippen LogP contribution in [0.2, 0.25) is 0 Å². The molecule has 5 heteroatoms. The number of carbonyl (C=O) groups excluding carboxylic acids is 1. The molecule has 0 heterocycles. The Balaban J connectivity index is 2.63. The van der Waals surface area contributed by atoms with Gasteiger partial charge in [0.05, 0.1) is 0 Å². The summed E-state index contributed by atoms with van der Waals surface area (Å²) in [4.78, 5) is 11.3. The zero-order chi connectivity index (χ0) is 14.1. The maximum absolute atomic E-state index is 12.3. The van der Waals surface area contributed by atoms with Crippen molar-refractivity contribution in [3.63, 3.8) is 0 Å². The number of esters is 1. The van der Waals surface area contributed by atoms with Crippen molar-refractivity contribution in [3.8, 4) is 0 Å². The van der Waals surface area contributed by atoms with E-state index in [1.54, 1.807) is 0 Å². The third-order valence-corrected chi connectivity index (χ3v) is 3.21.